The molecule has 0 spiro atoms. The summed E-state index contributed by atoms with van der Waals surface area (Å²) in [6.45, 7) is 4.48. The lowest BCUT2D eigenvalue weighted by molar-refractivity contribution is -0.130. The summed E-state index contributed by atoms with van der Waals surface area (Å²) in [5.41, 5.74) is 3.81. The Hall–Kier alpha value is -3.06. The zero-order valence-electron chi connectivity index (χ0n) is 17.3. The average Bonchev–Trinajstić information content (AvgIpc) is 3.07. The van der Waals surface area contributed by atoms with Crippen LogP contribution in [0.25, 0.3) is 10.9 Å². The number of aliphatic hydroxyl groups excluding tert-OH is 1. The molecule has 30 heavy (non-hydrogen) atoms. The molecule has 156 valence electrons. The van der Waals surface area contributed by atoms with Crippen LogP contribution in [-0.2, 0) is 17.6 Å². The van der Waals surface area contributed by atoms with Crippen LogP contribution in [0.5, 0.6) is 0 Å². The number of rotatable bonds is 5. The van der Waals surface area contributed by atoms with Gasteiger partial charge >= 0.3 is 5.69 Å². The van der Waals surface area contributed by atoms with Gasteiger partial charge in [0.15, 0.2) is 0 Å². The highest BCUT2D eigenvalue weighted by Crippen LogP contribution is 2.23. The maximum Gasteiger partial charge on any atom is 0.345 e. The lowest BCUT2D eigenvalue weighted by Gasteiger charge is -2.17. The number of β-amino-alcohol motifs (C(OH)–C–C–N with tert-alkyl or cyclic N) is 1. The van der Waals surface area contributed by atoms with Crippen molar-refractivity contribution in [1.29, 1.82) is 0 Å². The molecule has 0 saturated carbocycles. The van der Waals surface area contributed by atoms with Crippen LogP contribution >= 0.6 is 0 Å². The topological polar surface area (TPSA) is 99.2 Å². The number of likely N-dealkylation sites (tertiary alicyclic amines) is 1. The molecule has 1 aliphatic rings. The summed E-state index contributed by atoms with van der Waals surface area (Å²) >= 11 is 0. The Kier molecular flexibility index (Phi) is 5.63. The van der Waals surface area contributed by atoms with E-state index in [0.29, 0.717) is 38.0 Å². The van der Waals surface area contributed by atoms with Gasteiger partial charge in [0.1, 0.15) is 0 Å². The van der Waals surface area contributed by atoms with E-state index < -0.39 is 6.10 Å². The van der Waals surface area contributed by atoms with Crippen molar-refractivity contribution in [3.05, 3.63) is 69.5 Å². The molecule has 0 unspecified atom stereocenters. The van der Waals surface area contributed by atoms with Crippen LogP contribution in [-0.4, -0.2) is 50.1 Å². The smallest absolute Gasteiger partial charge is 0.345 e. The van der Waals surface area contributed by atoms with Gasteiger partial charge < -0.3 is 15.0 Å². The fourth-order valence-corrected chi connectivity index (χ4v) is 4.26. The van der Waals surface area contributed by atoms with Gasteiger partial charge in [-0.2, -0.15) is 4.98 Å². The first-order chi connectivity index (χ1) is 14.4. The third-order valence-electron chi connectivity index (χ3n) is 5.93. The lowest BCUT2D eigenvalue weighted by Crippen LogP contribution is -2.30. The largest absolute Gasteiger partial charge is 0.391 e. The number of pyridine rings is 1. The van der Waals surface area contributed by atoms with Crippen molar-refractivity contribution in [1.82, 2.24) is 19.9 Å². The molecule has 2 aromatic heterocycles. The highest BCUT2D eigenvalue weighted by molar-refractivity contribution is 5.78. The molecule has 7 nitrogen and oxygen atoms in total. The van der Waals surface area contributed by atoms with E-state index in [0.717, 1.165) is 27.9 Å². The minimum Gasteiger partial charge on any atom is -0.391 e. The van der Waals surface area contributed by atoms with E-state index >= 15 is 0 Å². The van der Waals surface area contributed by atoms with E-state index in [9.17, 15) is 14.7 Å². The molecule has 1 aromatic carbocycles. The van der Waals surface area contributed by atoms with Crippen LogP contribution in [0.2, 0.25) is 0 Å². The third kappa shape index (κ3) is 4.26. The van der Waals surface area contributed by atoms with Gasteiger partial charge in [-0.25, -0.2) is 4.79 Å². The van der Waals surface area contributed by atoms with E-state index in [1.807, 2.05) is 43.3 Å². The third-order valence-corrected chi connectivity index (χ3v) is 5.93. The van der Waals surface area contributed by atoms with E-state index in [1.54, 1.807) is 11.8 Å². The van der Waals surface area contributed by atoms with Gasteiger partial charge in [-0.05, 0) is 44.4 Å². The highest BCUT2D eigenvalue weighted by Gasteiger charge is 2.34. The van der Waals surface area contributed by atoms with E-state index in [4.69, 9.17) is 4.98 Å². The first-order valence-corrected chi connectivity index (χ1v) is 10.3. The number of hydrogen-bond donors (Lipinski definition) is 2. The van der Waals surface area contributed by atoms with Crippen LogP contribution in [0.4, 0.5) is 0 Å². The number of fused-ring (bicyclic) bond motifs is 1. The van der Waals surface area contributed by atoms with Crippen molar-refractivity contribution < 1.29 is 9.90 Å². The van der Waals surface area contributed by atoms with Crippen LogP contribution in [0, 0.1) is 19.8 Å². The van der Waals surface area contributed by atoms with Crippen molar-refractivity contribution >= 4 is 16.8 Å². The fourth-order valence-electron chi connectivity index (χ4n) is 4.26. The Morgan fingerprint density at radius 3 is 2.77 bits per heavy atom. The molecule has 0 aliphatic carbocycles. The summed E-state index contributed by atoms with van der Waals surface area (Å²) < 4.78 is 0. The second-order valence-electron chi connectivity index (χ2n) is 8.06. The Morgan fingerprint density at radius 1 is 1.17 bits per heavy atom. The number of hydrogen-bond acceptors (Lipinski definition) is 5. The molecule has 0 bridgehead atoms. The average molecular weight is 406 g/mol. The van der Waals surface area contributed by atoms with Gasteiger partial charge in [0, 0.05) is 47.9 Å². The summed E-state index contributed by atoms with van der Waals surface area (Å²) in [6.07, 6.45) is 0.922. The van der Waals surface area contributed by atoms with Gasteiger partial charge in [0.05, 0.1) is 11.6 Å². The molecular formula is C23H26N4O3. The van der Waals surface area contributed by atoms with Crippen molar-refractivity contribution in [2.45, 2.75) is 39.2 Å². The number of nitrogens with one attached hydrogen (secondary N) is 1. The summed E-state index contributed by atoms with van der Waals surface area (Å²) in [5.74, 6) is -0.0196. The number of amides is 1. The Balaban J connectivity index is 1.38. The minimum absolute atomic E-state index is 0.00743. The van der Waals surface area contributed by atoms with E-state index in [-0.39, 0.29) is 17.5 Å². The maximum atomic E-state index is 12.7. The molecule has 2 atom stereocenters. The first-order valence-electron chi connectivity index (χ1n) is 10.3. The highest BCUT2D eigenvalue weighted by atomic mass is 16.3. The number of aromatic nitrogens is 3. The Bertz CT molecular complexity index is 1110. The monoisotopic (exact) mass is 406 g/mol. The zero-order chi connectivity index (χ0) is 21.3. The molecule has 4 rings (SSSR count). The van der Waals surface area contributed by atoms with Gasteiger partial charge in [-0.15, -0.1) is 0 Å². The molecule has 2 N–H and O–H groups in total. The SMILES string of the molecule is Cc1nc(=O)[nH]c(C)c1CCC(=O)N1C[C@@H](Cc2ccc3ccccc3n2)[C@H](O)C1. The number of aryl methyl sites for hydroxylation is 2. The minimum atomic E-state index is -0.555. The van der Waals surface area contributed by atoms with Gasteiger partial charge in [0.2, 0.25) is 5.91 Å². The summed E-state index contributed by atoms with van der Waals surface area (Å²) in [4.78, 5) is 37.2. The van der Waals surface area contributed by atoms with E-state index in [2.05, 4.69) is 9.97 Å². The van der Waals surface area contributed by atoms with Crippen LogP contribution < -0.4 is 5.69 Å². The number of carbonyl (C=O) groups excluding carboxylic acids is 1. The maximum absolute atomic E-state index is 12.7. The standard InChI is InChI=1S/C23H26N4O3/c1-14-19(15(2)25-23(30)24-14)9-10-22(29)27-12-17(21(28)13-27)11-18-8-7-16-5-3-4-6-20(16)26-18/h3-8,17,21,28H,9-13H2,1-2H3,(H,24,25,30)/t17-,21-/m1/s1. The number of benzene rings is 1. The van der Waals surface area contributed by atoms with Crippen molar-refractivity contribution in [3.63, 3.8) is 0 Å². The molecular weight excluding hydrogens is 380 g/mol. The number of aliphatic hydroxyl groups is 1. The zero-order valence-corrected chi connectivity index (χ0v) is 17.3. The number of nitrogens with zero attached hydrogens (tertiary/aromatic N) is 3. The van der Waals surface area contributed by atoms with Gasteiger partial charge in [-0.1, -0.05) is 24.3 Å². The molecule has 3 heterocycles. The number of para-hydroxylation sites is 1. The van der Waals surface area contributed by atoms with Gasteiger partial charge in [-0.3, -0.25) is 9.78 Å². The van der Waals surface area contributed by atoms with Crippen LogP contribution in [0.15, 0.2) is 41.2 Å². The van der Waals surface area contributed by atoms with Crippen molar-refractivity contribution in [2.24, 2.45) is 5.92 Å². The van der Waals surface area contributed by atoms with Gasteiger partial charge in [0.25, 0.3) is 0 Å². The molecule has 1 amide bonds. The Labute approximate surface area is 174 Å². The predicted molar refractivity (Wildman–Crippen MR) is 114 cm³/mol. The lowest BCUT2D eigenvalue weighted by atomic mass is 9.99. The Morgan fingerprint density at radius 2 is 1.97 bits per heavy atom. The molecule has 3 aromatic rings. The number of aromatic amines is 1. The number of carbonyl (C=O) groups is 1. The van der Waals surface area contributed by atoms with E-state index in [1.165, 1.54) is 0 Å². The second-order valence-corrected chi connectivity index (χ2v) is 8.06. The molecule has 1 aliphatic heterocycles. The normalized spacial score (nSPS) is 18.8. The van der Waals surface area contributed by atoms with Crippen molar-refractivity contribution in [3.8, 4) is 0 Å². The summed E-state index contributed by atoms with van der Waals surface area (Å²) in [7, 11) is 0. The molecule has 0 radical (unpaired) electrons. The first kappa shape index (κ1) is 20.2. The molecule has 1 fully saturated rings. The quantitative estimate of drug-likeness (QED) is 0.675. The van der Waals surface area contributed by atoms with Crippen LogP contribution in [0.1, 0.15) is 29.1 Å². The predicted octanol–water partition coefficient (Wildman–Crippen LogP) is 1.93. The molecule has 1 saturated heterocycles. The fraction of sp³-hybridized carbons (Fsp3) is 0.391. The van der Waals surface area contributed by atoms with Crippen molar-refractivity contribution in [2.75, 3.05) is 13.1 Å². The second kappa shape index (κ2) is 8.36. The van der Waals surface area contributed by atoms with Crippen LogP contribution in [0.3, 0.4) is 0 Å². The summed E-state index contributed by atoms with van der Waals surface area (Å²) in [5, 5.41) is 11.6. The molecule has 7 heteroatoms. The number of H-pyrrole nitrogens is 1. The summed E-state index contributed by atoms with van der Waals surface area (Å²) in [6, 6.07) is 12.0.